The quantitative estimate of drug-likeness (QED) is 0.764. The number of carbonyl (C=O) groups is 1. The Morgan fingerprint density at radius 1 is 1.12 bits per heavy atom. The van der Waals surface area contributed by atoms with Crippen LogP contribution < -0.4 is 0 Å². The Hall–Kier alpha value is -1.74. The van der Waals surface area contributed by atoms with E-state index in [4.69, 9.17) is 11.6 Å². The van der Waals surface area contributed by atoms with Gasteiger partial charge in [-0.15, -0.1) is 0 Å². The van der Waals surface area contributed by atoms with Gasteiger partial charge in [0.2, 0.25) is 5.78 Å². The molecule has 0 saturated heterocycles. The van der Waals surface area contributed by atoms with E-state index in [2.05, 4.69) is 9.97 Å². The summed E-state index contributed by atoms with van der Waals surface area (Å²) in [6.07, 6.45) is 3.41. The molecule has 2 rings (SSSR count). The summed E-state index contributed by atoms with van der Waals surface area (Å²) in [6.45, 7) is 0. The average molecular weight is 233 g/mol. The maximum absolute atomic E-state index is 11.7. The number of Topliss-reactive ketones (excluding diaryl/α,β-unsaturated/α-hetero) is 1. The number of aromatic nitrogens is 2. The van der Waals surface area contributed by atoms with Gasteiger partial charge in [0.15, 0.2) is 5.82 Å². The third-order valence-corrected chi connectivity index (χ3v) is 2.35. The summed E-state index contributed by atoms with van der Waals surface area (Å²) < 4.78 is 0. The second kappa shape index (κ2) is 4.86. The first kappa shape index (κ1) is 10.8. The van der Waals surface area contributed by atoms with E-state index in [1.165, 1.54) is 0 Å². The maximum Gasteiger partial charge on any atom is 0.204 e. The zero-order valence-corrected chi connectivity index (χ0v) is 9.19. The molecule has 0 unspecified atom stereocenters. The number of halogens is 1. The summed E-state index contributed by atoms with van der Waals surface area (Å²) in [6, 6.07) is 8.84. The van der Waals surface area contributed by atoms with Gasteiger partial charge in [0.05, 0.1) is 0 Å². The van der Waals surface area contributed by atoms with Gasteiger partial charge in [0.25, 0.3) is 0 Å². The van der Waals surface area contributed by atoms with Gasteiger partial charge < -0.3 is 0 Å². The van der Waals surface area contributed by atoms with Crippen molar-refractivity contribution in [3.05, 3.63) is 59.1 Å². The topological polar surface area (TPSA) is 42.9 Å². The number of ketones is 1. The van der Waals surface area contributed by atoms with E-state index < -0.39 is 0 Å². The zero-order valence-electron chi connectivity index (χ0n) is 8.43. The number of nitrogens with zero attached hydrogens (tertiary/aromatic N) is 2. The van der Waals surface area contributed by atoms with E-state index >= 15 is 0 Å². The average Bonchev–Trinajstić information content (AvgIpc) is 2.33. The molecular weight excluding hydrogens is 224 g/mol. The molecule has 0 N–H and O–H groups in total. The van der Waals surface area contributed by atoms with Crippen molar-refractivity contribution >= 4 is 17.4 Å². The largest absolute Gasteiger partial charge is 0.290 e. The standard InChI is InChI=1S/C12H9ClN2O/c13-10-4-2-9(3-5-10)8-11(16)12-14-6-1-7-15-12/h1-7H,8H2. The van der Waals surface area contributed by atoms with Crippen LogP contribution in [0.1, 0.15) is 16.2 Å². The molecule has 0 bridgehead atoms. The van der Waals surface area contributed by atoms with Gasteiger partial charge in [-0.2, -0.15) is 0 Å². The predicted molar refractivity (Wildman–Crippen MR) is 61.5 cm³/mol. The third-order valence-electron chi connectivity index (χ3n) is 2.09. The molecule has 0 aliphatic rings. The Bertz CT molecular complexity index is 482. The van der Waals surface area contributed by atoms with Gasteiger partial charge in [0.1, 0.15) is 0 Å². The van der Waals surface area contributed by atoms with E-state index in [9.17, 15) is 4.79 Å². The fourth-order valence-corrected chi connectivity index (χ4v) is 1.44. The first-order chi connectivity index (χ1) is 7.75. The molecule has 3 nitrogen and oxygen atoms in total. The Morgan fingerprint density at radius 2 is 1.75 bits per heavy atom. The molecule has 1 heterocycles. The van der Waals surface area contributed by atoms with Gasteiger partial charge in [-0.25, -0.2) is 9.97 Å². The minimum absolute atomic E-state index is 0.0945. The second-order valence-electron chi connectivity index (χ2n) is 3.30. The van der Waals surface area contributed by atoms with Crippen molar-refractivity contribution in [1.82, 2.24) is 9.97 Å². The van der Waals surface area contributed by atoms with Crippen LogP contribution in [-0.2, 0) is 6.42 Å². The smallest absolute Gasteiger partial charge is 0.204 e. The highest BCUT2D eigenvalue weighted by Crippen LogP contribution is 2.11. The molecule has 0 spiro atoms. The molecule has 0 aliphatic heterocycles. The molecule has 0 amide bonds. The van der Waals surface area contributed by atoms with Crippen LogP contribution in [0.3, 0.4) is 0 Å². The van der Waals surface area contributed by atoms with Crippen LogP contribution in [0.5, 0.6) is 0 Å². The molecule has 4 heteroatoms. The maximum atomic E-state index is 11.7. The van der Waals surface area contributed by atoms with Gasteiger partial charge in [-0.1, -0.05) is 23.7 Å². The van der Waals surface area contributed by atoms with Crippen molar-refractivity contribution in [2.75, 3.05) is 0 Å². The van der Waals surface area contributed by atoms with Crippen molar-refractivity contribution < 1.29 is 4.79 Å². The van der Waals surface area contributed by atoms with Gasteiger partial charge in [0, 0.05) is 23.8 Å². The summed E-state index contributed by atoms with van der Waals surface area (Å²) in [7, 11) is 0. The minimum atomic E-state index is -0.0945. The lowest BCUT2D eigenvalue weighted by Crippen LogP contribution is -2.07. The molecule has 0 fully saturated rings. The van der Waals surface area contributed by atoms with Crippen molar-refractivity contribution in [2.45, 2.75) is 6.42 Å². The highest BCUT2D eigenvalue weighted by Gasteiger charge is 2.08. The number of hydrogen-bond acceptors (Lipinski definition) is 3. The van der Waals surface area contributed by atoms with Crippen LogP contribution in [0, 0.1) is 0 Å². The normalized spacial score (nSPS) is 10.1. The van der Waals surface area contributed by atoms with Crippen LogP contribution in [0.25, 0.3) is 0 Å². The van der Waals surface area contributed by atoms with Crippen LogP contribution >= 0.6 is 11.6 Å². The zero-order chi connectivity index (χ0) is 11.4. The molecule has 1 aromatic carbocycles. The fourth-order valence-electron chi connectivity index (χ4n) is 1.31. The minimum Gasteiger partial charge on any atom is -0.290 e. The Kier molecular flexibility index (Phi) is 3.27. The fraction of sp³-hybridized carbons (Fsp3) is 0.0833. The van der Waals surface area contributed by atoms with Crippen molar-refractivity contribution in [3.63, 3.8) is 0 Å². The van der Waals surface area contributed by atoms with Crippen molar-refractivity contribution in [1.29, 1.82) is 0 Å². The number of carbonyl (C=O) groups excluding carboxylic acids is 1. The number of rotatable bonds is 3. The molecule has 0 atom stereocenters. The summed E-state index contributed by atoms with van der Waals surface area (Å²) in [5.41, 5.74) is 0.904. The molecule has 80 valence electrons. The molecule has 2 aromatic rings. The second-order valence-corrected chi connectivity index (χ2v) is 3.74. The summed E-state index contributed by atoms with van der Waals surface area (Å²) in [4.78, 5) is 19.6. The van der Waals surface area contributed by atoms with Gasteiger partial charge >= 0.3 is 0 Å². The van der Waals surface area contributed by atoms with Gasteiger partial charge in [-0.05, 0) is 23.8 Å². The van der Waals surface area contributed by atoms with Gasteiger partial charge in [-0.3, -0.25) is 4.79 Å². The van der Waals surface area contributed by atoms with E-state index in [-0.39, 0.29) is 11.6 Å². The Labute approximate surface area is 98.1 Å². The summed E-state index contributed by atoms with van der Waals surface area (Å²) in [5.74, 6) is 0.153. The van der Waals surface area contributed by atoms with Crippen LogP contribution in [0.2, 0.25) is 5.02 Å². The Balaban J connectivity index is 2.11. The van der Waals surface area contributed by atoms with E-state index in [1.807, 2.05) is 12.1 Å². The first-order valence-electron chi connectivity index (χ1n) is 4.80. The van der Waals surface area contributed by atoms with Crippen molar-refractivity contribution in [2.24, 2.45) is 0 Å². The predicted octanol–water partition coefficient (Wildman–Crippen LogP) is 2.56. The SMILES string of the molecule is O=C(Cc1ccc(Cl)cc1)c1ncccn1. The molecule has 1 aromatic heterocycles. The number of benzene rings is 1. The van der Waals surface area contributed by atoms with Crippen LogP contribution in [0.15, 0.2) is 42.7 Å². The lowest BCUT2D eigenvalue weighted by Gasteiger charge is -1.99. The molecule has 0 radical (unpaired) electrons. The summed E-state index contributed by atoms with van der Waals surface area (Å²) in [5, 5.41) is 0.659. The molecule has 0 aliphatic carbocycles. The highest BCUT2D eigenvalue weighted by molar-refractivity contribution is 6.30. The molecule has 0 saturated carbocycles. The van der Waals surface area contributed by atoms with Crippen molar-refractivity contribution in [3.8, 4) is 0 Å². The van der Waals surface area contributed by atoms with E-state index in [0.29, 0.717) is 11.4 Å². The molecule has 16 heavy (non-hydrogen) atoms. The Morgan fingerprint density at radius 3 is 2.38 bits per heavy atom. The highest BCUT2D eigenvalue weighted by atomic mass is 35.5. The summed E-state index contributed by atoms with van der Waals surface area (Å²) >= 11 is 5.76. The number of hydrogen-bond donors (Lipinski definition) is 0. The third kappa shape index (κ3) is 2.64. The lowest BCUT2D eigenvalue weighted by molar-refractivity contribution is 0.0983. The van der Waals surface area contributed by atoms with Crippen LogP contribution in [-0.4, -0.2) is 15.8 Å². The monoisotopic (exact) mass is 232 g/mol. The lowest BCUT2D eigenvalue weighted by atomic mass is 10.1. The van der Waals surface area contributed by atoms with E-state index in [1.54, 1.807) is 30.6 Å². The van der Waals surface area contributed by atoms with Crippen LogP contribution in [0.4, 0.5) is 0 Å². The molecular formula is C12H9ClN2O. The van der Waals surface area contributed by atoms with E-state index in [0.717, 1.165) is 5.56 Å². The first-order valence-corrected chi connectivity index (χ1v) is 5.18.